The van der Waals surface area contributed by atoms with Gasteiger partial charge >= 0.3 is 0 Å². The van der Waals surface area contributed by atoms with E-state index in [1.165, 1.54) is 5.39 Å². The molecule has 2 heterocycles. The minimum Gasteiger partial charge on any atom is -0.454 e. The van der Waals surface area contributed by atoms with Gasteiger partial charge in [-0.25, -0.2) is 4.98 Å². The van der Waals surface area contributed by atoms with Crippen molar-refractivity contribution in [1.82, 2.24) is 4.98 Å². The Morgan fingerprint density at radius 3 is 2.90 bits per heavy atom. The predicted octanol–water partition coefficient (Wildman–Crippen LogP) is 3.58. The third-order valence-electron chi connectivity index (χ3n) is 3.57. The summed E-state index contributed by atoms with van der Waals surface area (Å²) in [6.07, 6.45) is 1.82. The summed E-state index contributed by atoms with van der Waals surface area (Å²) in [4.78, 5) is 4.43. The molecule has 0 bridgehead atoms. The first kappa shape index (κ1) is 12.0. The molecule has 0 fully saturated rings. The van der Waals surface area contributed by atoms with Gasteiger partial charge in [0.15, 0.2) is 11.5 Å². The highest BCUT2D eigenvalue weighted by atomic mass is 16.7. The highest BCUT2D eigenvalue weighted by Gasteiger charge is 2.13. The number of rotatable bonds is 3. The quantitative estimate of drug-likeness (QED) is 0.795. The molecule has 0 unspecified atom stereocenters. The molecule has 4 nitrogen and oxygen atoms in total. The van der Waals surface area contributed by atoms with Gasteiger partial charge in [0, 0.05) is 18.1 Å². The number of nitrogens with one attached hydrogen (secondary N) is 1. The van der Waals surface area contributed by atoms with E-state index in [4.69, 9.17) is 9.47 Å². The van der Waals surface area contributed by atoms with Gasteiger partial charge in [-0.3, -0.25) is 0 Å². The van der Waals surface area contributed by atoms with E-state index in [1.807, 2.05) is 42.6 Å². The molecule has 0 saturated carbocycles. The number of hydrogen-bond acceptors (Lipinski definition) is 4. The largest absolute Gasteiger partial charge is 0.454 e. The van der Waals surface area contributed by atoms with Gasteiger partial charge < -0.3 is 14.8 Å². The van der Waals surface area contributed by atoms with Crippen LogP contribution in [0.5, 0.6) is 11.5 Å². The number of aromatic nitrogens is 1. The van der Waals surface area contributed by atoms with Gasteiger partial charge in [-0.2, -0.15) is 0 Å². The van der Waals surface area contributed by atoms with Crippen molar-refractivity contribution in [3.05, 3.63) is 60.3 Å². The maximum absolute atomic E-state index is 5.40. The number of pyridine rings is 1. The summed E-state index contributed by atoms with van der Waals surface area (Å²) in [7, 11) is 0. The molecule has 0 amide bonds. The molecule has 1 N–H and O–H groups in total. The topological polar surface area (TPSA) is 43.4 Å². The van der Waals surface area contributed by atoms with E-state index in [9.17, 15) is 0 Å². The molecule has 104 valence electrons. The minimum absolute atomic E-state index is 0.303. The molecule has 4 rings (SSSR count). The lowest BCUT2D eigenvalue weighted by Crippen LogP contribution is -2.01. The zero-order valence-corrected chi connectivity index (χ0v) is 11.4. The first-order valence-electron chi connectivity index (χ1n) is 6.86. The highest BCUT2D eigenvalue weighted by Crippen LogP contribution is 2.32. The lowest BCUT2D eigenvalue weighted by Gasteiger charge is -2.09. The number of fused-ring (bicyclic) bond motifs is 2. The summed E-state index contributed by atoms with van der Waals surface area (Å²) in [5.41, 5.74) is 1.13. The number of anilines is 1. The predicted molar refractivity (Wildman–Crippen MR) is 81.6 cm³/mol. The monoisotopic (exact) mass is 278 g/mol. The lowest BCUT2D eigenvalue weighted by molar-refractivity contribution is 0.174. The Morgan fingerprint density at radius 2 is 1.90 bits per heavy atom. The van der Waals surface area contributed by atoms with E-state index in [0.717, 1.165) is 28.3 Å². The molecule has 1 aliphatic rings. The summed E-state index contributed by atoms with van der Waals surface area (Å²) >= 11 is 0. The maximum Gasteiger partial charge on any atom is 0.231 e. The Hall–Kier alpha value is -2.75. The van der Waals surface area contributed by atoms with Crippen molar-refractivity contribution >= 4 is 16.6 Å². The Morgan fingerprint density at radius 1 is 1.00 bits per heavy atom. The van der Waals surface area contributed by atoms with Crippen molar-refractivity contribution in [3.63, 3.8) is 0 Å². The van der Waals surface area contributed by atoms with Crippen molar-refractivity contribution < 1.29 is 9.47 Å². The molecule has 0 spiro atoms. The average molecular weight is 278 g/mol. The number of benzene rings is 2. The number of hydrogen-bond donors (Lipinski definition) is 1. The lowest BCUT2D eigenvalue weighted by atomic mass is 10.1. The van der Waals surface area contributed by atoms with Gasteiger partial charge in [0.2, 0.25) is 6.79 Å². The summed E-state index contributed by atoms with van der Waals surface area (Å²) in [6.45, 7) is 0.995. The van der Waals surface area contributed by atoms with Gasteiger partial charge in [0.1, 0.15) is 5.82 Å². The first-order chi connectivity index (χ1) is 10.4. The van der Waals surface area contributed by atoms with Crippen LogP contribution in [0.3, 0.4) is 0 Å². The van der Waals surface area contributed by atoms with Gasteiger partial charge in [-0.15, -0.1) is 0 Å². The average Bonchev–Trinajstić information content (AvgIpc) is 3.00. The molecule has 0 aliphatic carbocycles. The SMILES string of the molecule is c1ccc2c(NCc3ccc4c(c3)OCO4)nccc2c1. The van der Waals surface area contributed by atoms with E-state index in [0.29, 0.717) is 13.3 Å². The van der Waals surface area contributed by atoms with E-state index in [-0.39, 0.29) is 0 Å². The molecule has 0 saturated heterocycles. The van der Waals surface area contributed by atoms with Crippen molar-refractivity contribution in [2.24, 2.45) is 0 Å². The standard InChI is InChI=1S/C17H14N2O2/c1-2-4-14-13(3-1)7-8-18-17(14)19-10-12-5-6-15-16(9-12)21-11-20-15/h1-9H,10-11H2,(H,18,19). The van der Waals surface area contributed by atoms with Crippen LogP contribution in [0.2, 0.25) is 0 Å². The molecule has 2 aromatic carbocycles. The van der Waals surface area contributed by atoms with E-state index < -0.39 is 0 Å². The van der Waals surface area contributed by atoms with E-state index >= 15 is 0 Å². The van der Waals surface area contributed by atoms with Gasteiger partial charge in [-0.05, 0) is 29.1 Å². The number of ether oxygens (including phenoxy) is 2. The number of nitrogens with zero attached hydrogens (tertiary/aromatic N) is 1. The molecular weight excluding hydrogens is 264 g/mol. The second-order valence-corrected chi connectivity index (χ2v) is 4.92. The fraction of sp³-hybridized carbons (Fsp3) is 0.118. The molecule has 1 aromatic heterocycles. The van der Waals surface area contributed by atoms with Crippen LogP contribution in [-0.2, 0) is 6.54 Å². The van der Waals surface area contributed by atoms with Crippen LogP contribution in [0.4, 0.5) is 5.82 Å². The van der Waals surface area contributed by atoms with Crippen LogP contribution in [0.25, 0.3) is 10.8 Å². The Bertz CT molecular complexity index is 796. The van der Waals surface area contributed by atoms with E-state index in [2.05, 4.69) is 22.4 Å². The Kier molecular flexibility index (Phi) is 2.85. The van der Waals surface area contributed by atoms with Crippen molar-refractivity contribution in [3.8, 4) is 11.5 Å². The Balaban J connectivity index is 1.58. The first-order valence-corrected chi connectivity index (χ1v) is 6.86. The molecule has 1 aliphatic heterocycles. The summed E-state index contributed by atoms with van der Waals surface area (Å²) < 4.78 is 10.7. The molecule has 21 heavy (non-hydrogen) atoms. The van der Waals surface area contributed by atoms with Gasteiger partial charge in [0.25, 0.3) is 0 Å². The molecule has 3 aromatic rings. The molecule has 4 heteroatoms. The van der Waals surface area contributed by atoms with Crippen LogP contribution in [0.1, 0.15) is 5.56 Å². The maximum atomic E-state index is 5.40. The zero-order chi connectivity index (χ0) is 14.1. The van der Waals surface area contributed by atoms with Crippen LogP contribution in [0.15, 0.2) is 54.7 Å². The Labute approximate surface area is 122 Å². The molecular formula is C17H14N2O2. The van der Waals surface area contributed by atoms with Crippen LogP contribution in [-0.4, -0.2) is 11.8 Å². The third kappa shape index (κ3) is 2.25. The van der Waals surface area contributed by atoms with Crippen LogP contribution >= 0.6 is 0 Å². The second kappa shape index (κ2) is 4.98. The summed E-state index contributed by atoms with van der Waals surface area (Å²) in [6, 6.07) is 16.2. The van der Waals surface area contributed by atoms with Crippen LogP contribution in [0, 0.1) is 0 Å². The fourth-order valence-electron chi connectivity index (χ4n) is 2.50. The molecule has 0 radical (unpaired) electrons. The normalized spacial score (nSPS) is 12.6. The van der Waals surface area contributed by atoms with Crippen molar-refractivity contribution in [2.75, 3.05) is 12.1 Å². The third-order valence-corrected chi connectivity index (χ3v) is 3.57. The fourth-order valence-corrected chi connectivity index (χ4v) is 2.50. The van der Waals surface area contributed by atoms with Crippen molar-refractivity contribution in [2.45, 2.75) is 6.54 Å². The summed E-state index contributed by atoms with van der Waals surface area (Å²) in [5, 5.41) is 5.69. The van der Waals surface area contributed by atoms with Crippen molar-refractivity contribution in [1.29, 1.82) is 0 Å². The zero-order valence-electron chi connectivity index (χ0n) is 11.4. The highest BCUT2D eigenvalue weighted by molar-refractivity contribution is 5.91. The van der Waals surface area contributed by atoms with Crippen LogP contribution < -0.4 is 14.8 Å². The van der Waals surface area contributed by atoms with Gasteiger partial charge in [0.05, 0.1) is 0 Å². The second-order valence-electron chi connectivity index (χ2n) is 4.92. The van der Waals surface area contributed by atoms with Gasteiger partial charge in [-0.1, -0.05) is 30.3 Å². The minimum atomic E-state index is 0.303. The summed E-state index contributed by atoms with van der Waals surface area (Å²) in [5.74, 6) is 2.51. The molecule has 0 atom stereocenters. The van der Waals surface area contributed by atoms with E-state index in [1.54, 1.807) is 0 Å². The smallest absolute Gasteiger partial charge is 0.231 e.